The summed E-state index contributed by atoms with van der Waals surface area (Å²) in [5.41, 5.74) is 5.87. The monoisotopic (exact) mass is 280 g/mol. The van der Waals surface area contributed by atoms with Crippen LogP contribution in [-0.2, 0) is 20.9 Å². The van der Waals surface area contributed by atoms with Crippen LogP contribution in [0.25, 0.3) is 0 Å². The van der Waals surface area contributed by atoms with Crippen LogP contribution >= 0.6 is 0 Å². The number of aliphatic carboxylic acids is 1. The van der Waals surface area contributed by atoms with E-state index in [2.05, 4.69) is 5.32 Å². The minimum absolute atomic E-state index is 0.0527. The maximum absolute atomic E-state index is 11.5. The number of carboxylic acids is 1. The van der Waals surface area contributed by atoms with Crippen molar-refractivity contribution in [3.8, 4) is 0 Å². The Morgan fingerprint density at radius 3 is 2.45 bits per heavy atom. The van der Waals surface area contributed by atoms with Gasteiger partial charge in [-0.1, -0.05) is 30.3 Å². The highest BCUT2D eigenvalue weighted by molar-refractivity contribution is 5.84. The van der Waals surface area contributed by atoms with Gasteiger partial charge in [-0.15, -0.1) is 0 Å². The summed E-state index contributed by atoms with van der Waals surface area (Å²) in [6, 6.07) is 7.94. The highest BCUT2D eigenvalue weighted by atomic mass is 16.5. The number of carbonyl (C=O) groups is 3. The molecule has 0 aliphatic rings. The van der Waals surface area contributed by atoms with E-state index in [-0.39, 0.29) is 19.4 Å². The van der Waals surface area contributed by atoms with Crippen LogP contribution in [0, 0.1) is 0 Å². The molecule has 7 nitrogen and oxygen atoms in total. The number of rotatable bonds is 7. The van der Waals surface area contributed by atoms with Crippen molar-refractivity contribution >= 4 is 18.0 Å². The van der Waals surface area contributed by atoms with Crippen LogP contribution in [0.4, 0.5) is 4.79 Å². The number of hydrogen-bond acceptors (Lipinski definition) is 4. The lowest BCUT2D eigenvalue weighted by atomic mass is 10.1. The van der Waals surface area contributed by atoms with E-state index in [1.807, 2.05) is 6.07 Å². The fourth-order valence-corrected chi connectivity index (χ4v) is 1.46. The number of ether oxygens (including phenoxy) is 1. The number of hydrogen-bond donors (Lipinski definition) is 3. The van der Waals surface area contributed by atoms with E-state index in [4.69, 9.17) is 15.6 Å². The van der Waals surface area contributed by atoms with E-state index in [9.17, 15) is 14.4 Å². The zero-order valence-electron chi connectivity index (χ0n) is 10.7. The largest absolute Gasteiger partial charge is 0.481 e. The molecule has 0 unspecified atom stereocenters. The quantitative estimate of drug-likeness (QED) is 0.677. The number of benzene rings is 1. The van der Waals surface area contributed by atoms with Crippen LogP contribution in [-0.4, -0.2) is 29.1 Å². The number of nitrogens with two attached hydrogens (primary N) is 1. The fraction of sp³-hybridized carbons (Fsp3) is 0.308. The average Bonchev–Trinajstić information content (AvgIpc) is 2.41. The molecule has 1 aromatic carbocycles. The van der Waals surface area contributed by atoms with E-state index in [1.165, 1.54) is 0 Å². The Bertz CT molecular complexity index is 475. The topological polar surface area (TPSA) is 119 Å². The molecule has 108 valence electrons. The van der Waals surface area contributed by atoms with Crippen LogP contribution in [0.15, 0.2) is 30.3 Å². The molecule has 2 amide bonds. The molecule has 0 fully saturated rings. The summed E-state index contributed by atoms with van der Waals surface area (Å²) in [7, 11) is 0. The Hall–Kier alpha value is -2.57. The first-order chi connectivity index (χ1) is 9.49. The summed E-state index contributed by atoms with van der Waals surface area (Å²) >= 11 is 0. The Morgan fingerprint density at radius 1 is 1.25 bits per heavy atom. The number of amides is 2. The lowest BCUT2D eigenvalue weighted by Gasteiger charge is -2.14. The minimum atomic E-state index is -1.07. The molecular formula is C13H16N2O5. The van der Waals surface area contributed by atoms with Gasteiger partial charge in [-0.25, -0.2) is 4.79 Å². The predicted octanol–water partition coefficient (Wildman–Crippen LogP) is 0.631. The molecule has 1 rings (SSSR count). The summed E-state index contributed by atoms with van der Waals surface area (Å²) < 4.78 is 4.91. The zero-order chi connectivity index (χ0) is 15.0. The fourth-order valence-electron chi connectivity index (χ4n) is 1.46. The van der Waals surface area contributed by atoms with Crippen molar-refractivity contribution in [3.63, 3.8) is 0 Å². The molecule has 7 heteroatoms. The first kappa shape index (κ1) is 15.5. The number of carbonyl (C=O) groups excluding carboxylic acids is 2. The number of alkyl carbamates (subject to hydrolysis) is 1. The molecule has 0 radical (unpaired) electrons. The lowest BCUT2D eigenvalue weighted by Crippen LogP contribution is -2.44. The van der Waals surface area contributed by atoms with Gasteiger partial charge in [-0.3, -0.25) is 9.59 Å². The van der Waals surface area contributed by atoms with Crippen molar-refractivity contribution in [2.75, 3.05) is 0 Å². The van der Waals surface area contributed by atoms with Crippen molar-refractivity contribution in [3.05, 3.63) is 35.9 Å². The van der Waals surface area contributed by atoms with Gasteiger partial charge >= 0.3 is 12.1 Å². The Morgan fingerprint density at radius 2 is 1.90 bits per heavy atom. The number of carboxylic acid groups (broad SMARTS) is 1. The van der Waals surface area contributed by atoms with Gasteiger partial charge in [0.1, 0.15) is 12.6 Å². The SMILES string of the molecule is NC(=O)[C@H](CCC(=O)O)NC(=O)OCc1ccccc1. The van der Waals surface area contributed by atoms with E-state index < -0.39 is 24.0 Å². The number of nitrogens with one attached hydrogen (secondary N) is 1. The highest BCUT2D eigenvalue weighted by Gasteiger charge is 2.19. The molecule has 0 heterocycles. The van der Waals surface area contributed by atoms with Crippen LogP contribution in [0.3, 0.4) is 0 Å². The smallest absolute Gasteiger partial charge is 0.408 e. The van der Waals surface area contributed by atoms with Gasteiger partial charge in [0.25, 0.3) is 0 Å². The first-order valence-electron chi connectivity index (χ1n) is 5.97. The van der Waals surface area contributed by atoms with E-state index in [1.54, 1.807) is 24.3 Å². The van der Waals surface area contributed by atoms with Gasteiger partial charge in [0.05, 0.1) is 0 Å². The molecule has 0 aromatic heterocycles. The second-order valence-corrected chi connectivity index (χ2v) is 4.09. The summed E-state index contributed by atoms with van der Waals surface area (Å²) in [5, 5.41) is 10.8. The van der Waals surface area contributed by atoms with Gasteiger partial charge in [0.15, 0.2) is 0 Å². The van der Waals surface area contributed by atoms with Crippen molar-refractivity contribution in [2.45, 2.75) is 25.5 Å². The summed E-state index contributed by atoms with van der Waals surface area (Å²) in [6.45, 7) is 0.0527. The molecule has 0 bridgehead atoms. The molecule has 1 aromatic rings. The van der Waals surface area contributed by atoms with Crippen LogP contribution in [0.1, 0.15) is 18.4 Å². The van der Waals surface area contributed by atoms with Crippen molar-refractivity contribution in [1.82, 2.24) is 5.32 Å². The standard InChI is InChI=1S/C13H16N2O5/c14-12(18)10(6-7-11(16)17)15-13(19)20-8-9-4-2-1-3-5-9/h1-5,10H,6-8H2,(H2,14,18)(H,15,19)(H,16,17)/t10-/m0/s1. The predicted molar refractivity (Wildman–Crippen MR) is 69.6 cm³/mol. The molecule has 0 saturated carbocycles. The third-order valence-corrected chi connectivity index (χ3v) is 2.50. The normalized spacial score (nSPS) is 11.4. The van der Waals surface area contributed by atoms with E-state index in [0.717, 1.165) is 5.56 Å². The molecule has 0 spiro atoms. The van der Waals surface area contributed by atoms with Gasteiger partial charge < -0.3 is 20.9 Å². The van der Waals surface area contributed by atoms with Crippen molar-refractivity contribution in [2.24, 2.45) is 5.73 Å². The molecule has 1 atom stereocenters. The Labute approximate surface area is 115 Å². The molecular weight excluding hydrogens is 264 g/mol. The summed E-state index contributed by atoms with van der Waals surface area (Å²) in [5.74, 6) is -1.88. The van der Waals surface area contributed by atoms with Crippen LogP contribution in [0.5, 0.6) is 0 Å². The molecule has 20 heavy (non-hydrogen) atoms. The average molecular weight is 280 g/mol. The lowest BCUT2D eigenvalue weighted by molar-refractivity contribution is -0.137. The Balaban J connectivity index is 2.41. The second kappa shape index (κ2) is 7.78. The third-order valence-electron chi connectivity index (χ3n) is 2.50. The van der Waals surface area contributed by atoms with Crippen LogP contribution in [0.2, 0.25) is 0 Å². The van der Waals surface area contributed by atoms with E-state index >= 15 is 0 Å². The number of primary amides is 1. The van der Waals surface area contributed by atoms with Crippen molar-refractivity contribution < 1.29 is 24.2 Å². The van der Waals surface area contributed by atoms with Gasteiger partial charge in [0, 0.05) is 6.42 Å². The van der Waals surface area contributed by atoms with Gasteiger partial charge in [-0.05, 0) is 12.0 Å². The second-order valence-electron chi connectivity index (χ2n) is 4.09. The molecule has 4 N–H and O–H groups in total. The first-order valence-corrected chi connectivity index (χ1v) is 5.97. The van der Waals surface area contributed by atoms with Gasteiger partial charge in [0.2, 0.25) is 5.91 Å². The summed E-state index contributed by atoms with van der Waals surface area (Å²) in [6.07, 6.45) is -1.17. The Kier molecular flexibility index (Phi) is 6.02. The minimum Gasteiger partial charge on any atom is -0.481 e. The van der Waals surface area contributed by atoms with Crippen molar-refractivity contribution in [1.29, 1.82) is 0 Å². The van der Waals surface area contributed by atoms with Gasteiger partial charge in [-0.2, -0.15) is 0 Å². The van der Waals surface area contributed by atoms with E-state index in [0.29, 0.717) is 0 Å². The maximum atomic E-state index is 11.5. The zero-order valence-corrected chi connectivity index (χ0v) is 10.7. The summed E-state index contributed by atoms with van der Waals surface area (Å²) in [4.78, 5) is 33.0. The van der Waals surface area contributed by atoms with Crippen LogP contribution < -0.4 is 11.1 Å². The molecule has 0 aliphatic carbocycles. The molecule has 0 saturated heterocycles. The third kappa shape index (κ3) is 5.85. The highest BCUT2D eigenvalue weighted by Crippen LogP contribution is 2.02. The molecule has 0 aliphatic heterocycles. The maximum Gasteiger partial charge on any atom is 0.408 e.